The van der Waals surface area contributed by atoms with Crippen LogP contribution in [0.5, 0.6) is 0 Å². The van der Waals surface area contributed by atoms with Crippen LogP contribution in [0.15, 0.2) is 63.9 Å². The van der Waals surface area contributed by atoms with Gasteiger partial charge in [-0.05, 0) is 24.3 Å². The zero-order valence-corrected chi connectivity index (χ0v) is 14.8. The number of hydrogen-bond acceptors (Lipinski definition) is 4. The number of hydrogen-bond donors (Lipinski definition) is 0. The summed E-state index contributed by atoms with van der Waals surface area (Å²) in [4.78, 5) is 14.4. The molecule has 2 rings (SSSR count). The minimum atomic E-state index is -4.18. The summed E-state index contributed by atoms with van der Waals surface area (Å²) < 4.78 is 28.9. The molecule has 0 radical (unpaired) electrons. The third-order valence-corrected chi connectivity index (χ3v) is 4.62. The predicted octanol–water partition coefficient (Wildman–Crippen LogP) is 1.96. The van der Waals surface area contributed by atoms with Crippen molar-refractivity contribution in [2.75, 3.05) is 14.1 Å². The quantitative estimate of drug-likeness (QED) is 0.197. The van der Waals surface area contributed by atoms with Crippen LogP contribution in [0.25, 0.3) is 5.53 Å². The van der Waals surface area contributed by atoms with Crippen molar-refractivity contribution >= 4 is 27.3 Å². The second kappa shape index (κ2) is 7.68. The number of nitrogens with zero attached hydrogens (tertiary/aromatic N) is 5. The monoisotopic (exact) mass is 373 g/mol. The van der Waals surface area contributed by atoms with E-state index < -0.39 is 14.9 Å². The highest BCUT2D eigenvalue weighted by molar-refractivity contribution is 7.90. The Morgan fingerprint density at radius 2 is 1.69 bits per heavy atom. The topological polar surface area (TPSA) is 129 Å². The molecule has 0 aliphatic carbocycles. The molecule has 0 fully saturated rings. The maximum Gasteiger partial charge on any atom is 0.365 e. The molecule has 0 unspecified atom stereocenters. The first-order chi connectivity index (χ1) is 12.3. The van der Waals surface area contributed by atoms with Crippen LogP contribution in [0.3, 0.4) is 0 Å². The Bertz CT molecular complexity index is 993. The standard InChI is InChI=1S/C16H15N5O4S/c1-20(2)16(15(18-17)12-6-4-3-5-7-12)19-26(24,25)14-10-8-13(9-11-14)21(22)23/h3-11H,1-2H3/b19-16-. The summed E-state index contributed by atoms with van der Waals surface area (Å²) in [7, 11) is -1.07. The van der Waals surface area contributed by atoms with Crippen molar-refractivity contribution < 1.29 is 18.1 Å². The Kier molecular flexibility index (Phi) is 5.61. The molecule has 0 aliphatic heterocycles. The molecule has 0 aromatic heterocycles. The minimum absolute atomic E-state index is 0.0268. The van der Waals surface area contributed by atoms with E-state index in [9.17, 15) is 24.1 Å². The molecule has 9 nitrogen and oxygen atoms in total. The van der Waals surface area contributed by atoms with Gasteiger partial charge >= 0.3 is 5.71 Å². The van der Waals surface area contributed by atoms with E-state index in [0.29, 0.717) is 5.56 Å². The number of sulfonamides is 1. The first kappa shape index (κ1) is 19.0. The Labute approximate surface area is 150 Å². The fourth-order valence-corrected chi connectivity index (χ4v) is 3.13. The molecule has 0 spiro atoms. The van der Waals surface area contributed by atoms with Crippen LogP contribution in [0.2, 0.25) is 0 Å². The Hall–Kier alpha value is -3.36. The number of nitro groups is 1. The maximum absolute atomic E-state index is 12.6. The molecule has 0 N–H and O–H groups in total. The molecule has 0 saturated carbocycles. The minimum Gasteiger partial charge on any atom is -0.361 e. The van der Waals surface area contributed by atoms with E-state index in [4.69, 9.17) is 0 Å². The maximum atomic E-state index is 12.6. The van der Waals surface area contributed by atoms with Gasteiger partial charge in [0.1, 0.15) is 0 Å². The summed E-state index contributed by atoms with van der Waals surface area (Å²) in [5, 5.41) is 10.7. The highest BCUT2D eigenvalue weighted by atomic mass is 32.2. The third-order valence-electron chi connectivity index (χ3n) is 3.33. The van der Waals surface area contributed by atoms with Gasteiger partial charge in [-0.15, -0.1) is 4.40 Å². The largest absolute Gasteiger partial charge is 0.365 e. The number of likely N-dealkylation sites (N-methyl/N-ethyl adjacent to an activating group) is 1. The van der Waals surface area contributed by atoms with E-state index in [1.165, 1.54) is 4.90 Å². The summed E-state index contributed by atoms with van der Waals surface area (Å²) >= 11 is 0. The van der Waals surface area contributed by atoms with Crippen molar-refractivity contribution in [2.24, 2.45) is 4.40 Å². The number of nitro benzene ring substituents is 1. The summed E-state index contributed by atoms with van der Waals surface area (Å²) in [5.74, 6) is -0.0861. The van der Waals surface area contributed by atoms with Gasteiger partial charge in [0.05, 0.1) is 15.4 Å². The highest BCUT2D eigenvalue weighted by Gasteiger charge is 2.26. The lowest BCUT2D eigenvalue weighted by molar-refractivity contribution is -0.384. The van der Waals surface area contributed by atoms with Crippen molar-refractivity contribution in [3.8, 4) is 0 Å². The lowest BCUT2D eigenvalue weighted by Gasteiger charge is -2.12. The zero-order valence-electron chi connectivity index (χ0n) is 14.0. The van der Waals surface area contributed by atoms with E-state index in [0.717, 1.165) is 24.3 Å². The van der Waals surface area contributed by atoms with E-state index in [-0.39, 0.29) is 22.1 Å². The van der Waals surface area contributed by atoms with Gasteiger partial charge < -0.3 is 10.4 Å². The average Bonchev–Trinajstić information content (AvgIpc) is 2.62. The molecule has 0 heterocycles. The van der Waals surface area contributed by atoms with Gasteiger partial charge in [-0.2, -0.15) is 13.2 Å². The second-order valence-corrected chi connectivity index (χ2v) is 6.95. The van der Waals surface area contributed by atoms with E-state index in [2.05, 4.69) is 9.19 Å². The van der Waals surface area contributed by atoms with Crippen LogP contribution < -0.4 is 0 Å². The zero-order chi connectivity index (χ0) is 19.3. The lowest BCUT2D eigenvalue weighted by atomic mass is 10.1. The van der Waals surface area contributed by atoms with E-state index in [1.807, 2.05) is 0 Å². The van der Waals surface area contributed by atoms with Crippen molar-refractivity contribution in [3.63, 3.8) is 0 Å². The van der Waals surface area contributed by atoms with Gasteiger partial charge in [0.15, 0.2) is 0 Å². The molecule has 0 atom stereocenters. The molecule has 2 aromatic rings. The molecule has 10 heteroatoms. The van der Waals surface area contributed by atoms with Gasteiger partial charge in [-0.1, -0.05) is 18.2 Å². The normalized spacial score (nSPS) is 11.5. The number of benzene rings is 2. The summed E-state index contributed by atoms with van der Waals surface area (Å²) in [6.07, 6.45) is 0. The van der Waals surface area contributed by atoms with Gasteiger partial charge in [-0.3, -0.25) is 10.1 Å². The summed E-state index contributed by atoms with van der Waals surface area (Å²) in [5.41, 5.74) is 9.59. The smallest absolute Gasteiger partial charge is 0.361 e. The van der Waals surface area contributed by atoms with Crippen LogP contribution in [0.1, 0.15) is 5.56 Å². The second-order valence-electron chi connectivity index (χ2n) is 5.35. The van der Waals surface area contributed by atoms with Gasteiger partial charge in [0.25, 0.3) is 15.7 Å². The van der Waals surface area contributed by atoms with Crippen molar-refractivity contribution in [3.05, 3.63) is 75.8 Å². The molecule has 0 amide bonds. The molecular formula is C16H15N5O4S. The van der Waals surface area contributed by atoms with Gasteiger partial charge in [-0.25, -0.2) is 0 Å². The van der Waals surface area contributed by atoms with Gasteiger partial charge in [0, 0.05) is 26.2 Å². The fourth-order valence-electron chi connectivity index (χ4n) is 2.07. The molecule has 2 aromatic carbocycles. The summed E-state index contributed by atoms with van der Waals surface area (Å²) in [6.45, 7) is 0. The summed E-state index contributed by atoms with van der Waals surface area (Å²) in [6, 6.07) is 12.8. The highest BCUT2D eigenvalue weighted by Crippen LogP contribution is 2.18. The third kappa shape index (κ3) is 4.18. The molecule has 0 saturated heterocycles. The van der Waals surface area contributed by atoms with E-state index in [1.54, 1.807) is 44.4 Å². The van der Waals surface area contributed by atoms with Crippen molar-refractivity contribution in [2.45, 2.75) is 4.90 Å². The fraction of sp³-hybridized carbons (Fsp3) is 0.125. The average molecular weight is 373 g/mol. The number of non-ortho nitro benzene ring substituents is 1. The molecular weight excluding hydrogens is 358 g/mol. The SMILES string of the molecule is CN(C)/C(=N\S(=O)(=O)c1ccc([N+](=O)[O-])cc1)C(=[N+]=[N-])c1ccccc1. The first-order valence-electron chi connectivity index (χ1n) is 7.31. The van der Waals surface area contributed by atoms with Crippen molar-refractivity contribution in [1.29, 1.82) is 0 Å². The lowest BCUT2D eigenvalue weighted by Crippen LogP contribution is -2.32. The molecule has 134 valence electrons. The molecule has 0 bridgehead atoms. The van der Waals surface area contributed by atoms with Crippen LogP contribution in [0.4, 0.5) is 5.69 Å². The Morgan fingerprint density at radius 1 is 1.12 bits per heavy atom. The van der Waals surface area contributed by atoms with Crippen LogP contribution >= 0.6 is 0 Å². The van der Waals surface area contributed by atoms with Crippen LogP contribution in [-0.4, -0.2) is 48.7 Å². The van der Waals surface area contributed by atoms with Crippen LogP contribution in [-0.2, 0) is 10.0 Å². The number of rotatable bonds is 5. The molecule has 26 heavy (non-hydrogen) atoms. The van der Waals surface area contributed by atoms with Crippen LogP contribution in [0, 0.1) is 10.1 Å². The number of amidine groups is 1. The first-order valence-corrected chi connectivity index (χ1v) is 8.75. The predicted molar refractivity (Wildman–Crippen MR) is 95.6 cm³/mol. The Morgan fingerprint density at radius 3 is 2.15 bits per heavy atom. The van der Waals surface area contributed by atoms with Gasteiger partial charge in [0.2, 0.25) is 5.84 Å². The van der Waals surface area contributed by atoms with Crippen molar-refractivity contribution in [1.82, 2.24) is 4.90 Å². The molecule has 0 aliphatic rings. The Balaban J connectivity index is 2.53. The van der Waals surface area contributed by atoms with E-state index >= 15 is 0 Å².